The molecule has 0 aromatic heterocycles. The number of aliphatic imine (C=N–C) groups is 1. The van der Waals surface area contributed by atoms with Gasteiger partial charge in [-0.3, -0.25) is 19.2 Å². The summed E-state index contributed by atoms with van der Waals surface area (Å²) in [6.45, 7) is 0. The Bertz CT molecular complexity index is 645. The topological polar surface area (TPSA) is 34.1 Å². The Labute approximate surface area is 150 Å². The van der Waals surface area contributed by atoms with Gasteiger partial charge in [-0.25, -0.2) is 0 Å². The average molecular weight is 351 g/mol. The molecule has 0 amide bonds. The number of hydrogen-bond acceptors (Lipinski definition) is 4. The van der Waals surface area contributed by atoms with Gasteiger partial charge in [-0.05, 0) is 54.1 Å². The van der Waals surface area contributed by atoms with Gasteiger partial charge in [-0.2, -0.15) is 0 Å². The van der Waals surface area contributed by atoms with E-state index >= 15 is 0 Å². The monoisotopic (exact) mass is 350 g/mol. The summed E-state index contributed by atoms with van der Waals surface area (Å²) in [7, 11) is 9.54. The quantitative estimate of drug-likeness (QED) is 0.449. The zero-order valence-electron chi connectivity index (χ0n) is 14.8. The highest BCUT2D eigenvalue weighted by atomic mass is 35.5. The highest BCUT2D eigenvalue weighted by molar-refractivity contribution is 5.85. The largest absolute Gasteiger partial charge is 0.298 e. The van der Waals surface area contributed by atoms with E-state index in [1.807, 2.05) is 30.5 Å². The number of quaternary nitrogens is 1. The average Bonchev–Trinajstić information content (AvgIpc) is 2.55. The Hall–Kier alpha value is -1.92. The van der Waals surface area contributed by atoms with Gasteiger partial charge in [-0.15, -0.1) is 17.6 Å². The summed E-state index contributed by atoms with van der Waals surface area (Å²) in [6.07, 6.45) is 1.86. The van der Waals surface area contributed by atoms with Crippen molar-refractivity contribution in [2.75, 3.05) is 40.6 Å². The van der Waals surface area contributed by atoms with E-state index in [-0.39, 0.29) is 12.4 Å². The first-order chi connectivity index (χ1) is 10.9. The van der Waals surface area contributed by atoms with Crippen molar-refractivity contribution < 1.29 is 9.68 Å². The summed E-state index contributed by atoms with van der Waals surface area (Å²) in [5.74, 6) is 0. The first-order valence-electron chi connectivity index (χ1n) is 7.38. The van der Waals surface area contributed by atoms with Gasteiger partial charge in [0.25, 0.3) is 0 Å². The number of halogens is 1. The van der Waals surface area contributed by atoms with E-state index in [0.29, 0.717) is 0 Å². The Morgan fingerprint density at radius 2 is 1.42 bits per heavy atom. The van der Waals surface area contributed by atoms with Crippen LogP contribution in [0, 0.1) is 0 Å². The molecule has 0 spiro atoms. The van der Waals surface area contributed by atoms with Gasteiger partial charge in [0.15, 0.2) is 0 Å². The Kier molecular flexibility index (Phi) is 7.38. The number of hydrogen-bond donors (Lipinski definition) is 0. The molecule has 0 heterocycles. The molecular formula is C18H25ClN3O2+. The molecule has 2 aromatic rings. The number of nitrogens with zero attached hydrogens (tertiary/aromatic N) is 3. The third kappa shape index (κ3) is 5.32. The number of anilines is 1. The summed E-state index contributed by atoms with van der Waals surface area (Å²) < 4.78 is 0.800. The maximum atomic E-state index is 5.06. The van der Waals surface area contributed by atoms with Crippen LogP contribution in [0.15, 0.2) is 53.5 Å². The predicted molar refractivity (Wildman–Crippen MR) is 103 cm³/mol. The van der Waals surface area contributed by atoms with Crippen molar-refractivity contribution >= 4 is 35.7 Å². The molecule has 0 unspecified atom stereocenters. The van der Waals surface area contributed by atoms with Crippen LogP contribution in [-0.2, 0) is 9.68 Å². The summed E-state index contributed by atoms with van der Waals surface area (Å²) in [5.41, 5.74) is 4.00. The molecule has 0 atom stereocenters. The normalized spacial score (nSPS) is 11.4. The van der Waals surface area contributed by atoms with Crippen LogP contribution in [0.25, 0.3) is 0 Å². The SMILES string of the molecule is CON(OC)c1ccc(N=Cc2ccc([N+](C)(C)C)cc2)cc1.Cl. The third-order valence-electron chi connectivity index (χ3n) is 3.42. The minimum Gasteiger partial charge on any atom is -0.298 e. The first-order valence-corrected chi connectivity index (χ1v) is 7.38. The second-order valence-electron chi connectivity index (χ2n) is 6.00. The van der Waals surface area contributed by atoms with Crippen molar-refractivity contribution in [1.29, 1.82) is 0 Å². The second-order valence-corrected chi connectivity index (χ2v) is 6.00. The Balaban J connectivity index is 0.00000288. The van der Waals surface area contributed by atoms with Crippen LogP contribution in [0.2, 0.25) is 0 Å². The fourth-order valence-corrected chi connectivity index (χ4v) is 2.10. The van der Waals surface area contributed by atoms with E-state index in [1.54, 1.807) is 14.2 Å². The highest BCUT2D eigenvalue weighted by Gasteiger charge is 2.10. The van der Waals surface area contributed by atoms with Crippen molar-refractivity contribution in [3.05, 3.63) is 54.1 Å². The van der Waals surface area contributed by atoms with Gasteiger partial charge in [-0.1, -0.05) is 0 Å². The molecule has 2 rings (SSSR count). The molecule has 0 saturated carbocycles. The van der Waals surface area contributed by atoms with Crippen LogP contribution in [-0.4, -0.2) is 41.6 Å². The van der Waals surface area contributed by atoms with Crippen LogP contribution in [0.4, 0.5) is 17.1 Å². The number of rotatable bonds is 6. The summed E-state index contributed by atoms with van der Waals surface area (Å²) in [5, 5.41) is 1.33. The van der Waals surface area contributed by atoms with Crippen molar-refractivity contribution in [3.63, 3.8) is 0 Å². The molecule has 0 N–H and O–H groups in total. The molecule has 0 radical (unpaired) electrons. The zero-order chi connectivity index (χ0) is 16.9. The Morgan fingerprint density at radius 3 is 1.88 bits per heavy atom. The molecule has 0 aliphatic carbocycles. The van der Waals surface area contributed by atoms with E-state index in [0.717, 1.165) is 21.4 Å². The van der Waals surface area contributed by atoms with Crippen LogP contribution < -0.4 is 9.71 Å². The van der Waals surface area contributed by atoms with Gasteiger partial charge in [0, 0.05) is 6.21 Å². The third-order valence-corrected chi connectivity index (χ3v) is 3.42. The van der Waals surface area contributed by atoms with Crippen molar-refractivity contribution in [2.24, 2.45) is 4.99 Å². The van der Waals surface area contributed by atoms with Gasteiger partial charge in [0.1, 0.15) is 5.69 Å². The van der Waals surface area contributed by atoms with E-state index in [1.165, 1.54) is 10.9 Å². The predicted octanol–water partition coefficient (Wildman–Crippen LogP) is 3.98. The minimum atomic E-state index is 0. The smallest absolute Gasteiger partial charge is 0.132 e. The molecule has 0 fully saturated rings. The van der Waals surface area contributed by atoms with Gasteiger partial charge >= 0.3 is 0 Å². The lowest BCUT2D eigenvalue weighted by molar-refractivity contribution is -0.0433. The lowest BCUT2D eigenvalue weighted by Gasteiger charge is -2.23. The molecule has 2 aromatic carbocycles. The van der Waals surface area contributed by atoms with E-state index in [2.05, 4.69) is 50.4 Å². The maximum Gasteiger partial charge on any atom is 0.132 e. The molecule has 0 aliphatic heterocycles. The molecule has 130 valence electrons. The van der Waals surface area contributed by atoms with Crippen LogP contribution in [0.3, 0.4) is 0 Å². The highest BCUT2D eigenvalue weighted by Crippen LogP contribution is 2.20. The van der Waals surface area contributed by atoms with Crippen molar-refractivity contribution in [3.8, 4) is 0 Å². The molecular weight excluding hydrogens is 326 g/mol. The van der Waals surface area contributed by atoms with Gasteiger partial charge < -0.3 is 0 Å². The van der Waals surface area contributed by atoms with Crippen LogP contribution in [0.5, 0.6) is 0 Å². The fourth-order valence-electron chi connectivity index (χ4n) is 2.10. The summed E-state index contributed by atoms with van der Waals surface area (Å²) in [6, 6.07) is 16.0. The maximum absolute atomic E-state index is 5.06. The van der Waals surface area contributed by atoms with Crippen LogP contribution >= 0.6 is 12.4 Å². The molecule has 0 saturated heterocycles. The lowest BCUT2D eigenvalue weighted by atomic mass is 10.2. The standard InChI is InChI=1S/C18H24N3O2.ClH/c1-21(2,3)18-12-6-15(7-13-18)14-19-16-8-10-17(11-9-16)20(22-4)23-5;/h6-14H,1-5H3;1H/q+1;. The van der Waals surface area contributed by atoms with Crippen molar-refractivity contribution in [1.82, 2.24) is 4.48 Å². The van der Waals surface area contributed by atoms with Gasteiger partial charge in [0.2, 0.25) is 0 Å². The second kappa shape index (κ2) is 8.80. The van der Waals surface area contributed by atoms with Crippen molar-refractivity contribution in [2.45, 2.75) is 0 Å². The first kappa shape index (κ1) is 20.1. The van der Waals surface area contributed by atoms with E-state index in [4.69, 9.17) is 9.68 Å². The lowest BCUT2D eigenvalue weighted by Crippen LogP contribution is -2.34. The van der Waals surface area contributed by atoms with Gasteiger partial charge in [0.05, 0.1) is 46.7 Å². The van der Waals surface area contributed by atoms with E-state index in [9.17, 15) is 0 Å². The molecule has 5 nitrogen and oxygen atoms in total. The zero-order valence-corrected chi connectivity index (χ0v) is 15.6. The number of benzene rings is 2. The van der Waals surface area contributed by atoms with E-state index < -0.39 is 0 Å². The molecule has 24 heavy (non-hydrogen) atoms. The minimum absolute atomic E-state index is 0. The fraction of sp³-hybridized carbons (Fsp3) is 0.278. The molecule has 0 aliphatic rings. The summed E-state index contributed by atoms with van der Waals surface area (Å²) in [4.78, 5) is 14.6. The molecule has 0 bridgehead atoms. The van der Waals surface area contributed by atoms with Crippen LogP contribution in [0.1, 0.15) is 5.56 Å². The molecule has 6 heteroatoms. The summed E-state index contributed by atoms with van der Waals surface area (Å²) >= 11 is 0. The Morgan fingerprint density at radius 1 is 0.875 bits per heavy atom.